The Morgan fingerprint density at radius 2 is 2.08 bits per heavy atom. The predicted molar refractivity (Wildman–Crippen MR) is 120 cm³/mol. The molecule has 26 heavy (non-hydrogen) atoms. The molecule has 0 aliphatic rings. The van der Waals surface area contributed by atoms with Crippen LogP contribution in [-0.2, 0) is 17.1 Å². The smallest absolute Gasteiger partial charge is 0.234 e. The minimum Gasteiger partial charge on any atom is -0.325 e. The molecular formula is C18H25IN4OS2. The van der Waals surface area contributed by atoms with Crippen molar-refractivity contribution in [3.63, 3.8) is 0 Å². The summed E-state index contributed by atoms with van der Waals surface area (Å²) in [6.07, 6.45) is 0. The molecule has 0 spiro atoms. The molecule has 5 nitrogen and oxygen atoms in total. The zero-order valence-corrected chi connectivity index (χ0v) is 19.4. The third-order valence-corrected chi connectivity index (χ3v) is 6.30. The van der Waals surface area contributed by atoms with Crippen molar-refractivity contribution in [2.45, 2.75) is 51.1 Å². The van der Waals surface area contributed by atoms with Crippen LogP contribution in [0.2, 0.25) is 0 Å². The molecule has 2 aromatic rings. The first-order chi connectivity index (χ1) is 12.5. The number of benzene rings is 1. The van der Waals surface area contributed by atoms with Crippen molar-refractivity contribution < 1.29 is 4.79 Å². The van der Waals surface area contributed by atoms with Gasteiger partial charge >= 0.3 is 0 Å². The van der Waals surface area contributed by atoms with Gasteiger partial charge in [-0.3, -0.25) is 4.79 Å². The second-order valence-corrected chi connectivity index (χ2v) is 9.47. The van der Waals surface area contributed by atoms with Gasteiger partial charge in [0, 0.05) is 15.8 Å². The molecule has 2 rings (SSSR count). The lowest BCUT2D eigenvalue weighted by Crippen LogP contribution is -2.16. The van der Waals surface area contributed by atoms with E-state index in [9.17, 15) is 4.79 Å². The zero-order chi connectivity index (χ0) is 19.1. The van der Waals surface area contributed by atoms with E-state index in [-0.39, 0.29) is 5.91 Å². The highest BCUT2D eigenvalue weighted by atomic mass is 127. The standard InChI is InChI=1S/C18H25IN4OS2/c1-5-23-16(10-25-6-2)21-22-18(23)26-11-17(24)20-15-8-7-13(19)9-14(15)12(3)4/h7-9,12H,5-6,10-11H2,1-4H3,(H,20,24). The molecule has 0 fully saturated rings. The first-order valence-electron chi connectivity index (χ1n) is 8.68. The molecule has 0 atom stereocenters. The second-order valence-electron chi connectivity index (χ2n) is 6.00. The van der Waals surface area contributed by atoms with Gasteiger partial charge in [0.15, 0.2) is 5.16 Å². The number of rotatable bonds is 9. The Morgan fingerprint density at radius 3 is 2.73 bits per heavy atom. The van der Waals surface area contributed by atoms with E-state index in [1.54, 1.807) is 0 Å². The van der Waals surface area contributed by atoms with Crippen molar-refractivity contribution in [2.75, 3.05) is 16.8 Å². The number of anilines is 1. The van der Waals surface area contributed by atoms with Crippen molar-refractivity contribution in [1.82, 2.24) is 14.8 Å². The van der Waals surface area contributed by atoms with Crippen molar-refractivity contribution in [3.8, 4) is 0 Å². The van der Waals surface area contributed by atoms with E-state index in [1.807, 2.05) is 23.9 Å². The summed E-state index contributed by atoms with van der Waals surface area (Å²) in [6, 6.07) is 6.12. The molecule has 0 aliphatic carbocycles. The maximum Gasteiger partial charge on any atom is 0.234 e. The third-order valence-electron chi connectivity index (χ3n) is 3.79. The van der Waals surface area contributed by atoms with E-state index in [0.29, 0.717) is 11.7 Å². The number of carbonyl (C=O) groups is 1. The van der Waals surface area contributed by atoms with Crippen LogP contribution in [0.1, 0.15) is 45.0 Å². The summed E-state index contributed by atoms with van der Waals surface area (Å²) in [4.78, 5) is 12.4. The van der Waals surface area contributed by atoms with Crippen LogP contribution in [0.4, 0.5) is 5.69 Å². The topological polar surface area (TPSA) is 59.8 Å². The molecule has 142 valence electrons. The van der Waals surface area contributed by atoms with Gasteiger partial charge in [-0.1, -0.05) is 32.5 Å². The minimum atomic E-state index is -0.0201. The molecule has 1 N–H and O–H groups in total. The average molecular weight is 504 g/mol. The number of carbonyl (C=O) groups excluding carboxylic acids is 1. The molecular weight excluding hydrogens is 479 g/mol. The number of amides is 1. The van der Waals surface area contributed by atoms with E-state index in [2.05, 4.69) is 76.4 Å². The number of nitrogens with one attached hydrogen (secondary N) is 1. The number of nitrogens with zero attached hydrogens (tertiary/aromatic N) is 3. The molecule has 0 saturated carbocycles. The third kappa shape index (κ3) is 5.88. The average Bonchev–Trinajstić information content (AvgIpc) is 3.01. The van der Waals surface area contributed by atoms with Gasteiger partial charge in [0.05, 0.1) is 11.5 Å². The summed E-state index contributed by atoms with van der Waals surface area (Å²) >= 11 is 5.56. The van der Waals surface area contributed by atoms with Crippen LogP contribution in [0, 0.1) is 3.57 Å². The fourth-order valence-electron chi connectivity index (χ4n) is 2.49. The quantitative estimate of drug-likeness (QED) is 0.384. The summed E-state index contributed by atoms with van der Waals surface area (Å²) in [5, 5.41) is 12.4. The molecule has 0 aliphatic heterocycles. The number of halogens is 1. The lowest BCUT2D eigenvalue weighted by atomic mass is 10.0. The van der Waals surface area contributed by atoms with Crippen LogP contribution in [0.25, 0.3) is 0 Å². The maximum absolute atomic E-state index is 12.4. The van der Waals surface area contributed by atoms with Crippen LogP contribution in [-0.4, -0.2) is 32.2 Å². The summed E-state index contributed by atoms with van der Waals surface area (Å²) in [6.45, 7) is 9.29. The van der Waals surface area contributed by atoms with Gasteiger partial charge in [0.2, 0.25) is 5.91 Å². The fourth-order valence-corrected chi connectivity index (χ4v) is 4.42. The second kappa shape index (κ2) is 10.6. The summed E-state index contributed by atoms with van der Waals surface area (Å²) in [5.74, 6) is 3.53. The summed E-state index contributed by atoms with van der Waals surface area (Å²) in [7, 11) is 0. The Hall–Kier alpha value is -0.740. The zero-order valence-electron chi connectivity index (χ0n) is 15.6. The molecule has 0 saturated heterocycles. The number of thioether (sulfide) groups is 2. The predicted octanol–water partition coefficient (Wildman–Crippen LogP) is 5.01. The summed E-state index contributed by atoms with van der Waals surface area (Å²) in [5.41, 5.74) is 2.05. The van der Waals surface area contributed by atoms with Crippen molar-refractivity contribution in [2.24, 2.45) is 0 Å². The number of aromatic nitrogens is 3. The van der Waals surface area contributed by atoms with E-state index in [0.717, 1.165) is 40.3 Å². The number of hydrogen-bond acceptors (Lipinski definition) is 5. The minimum absolute atomic E-state index is 0.0201. The Labute approximate surface area is 177 Å². The van der Waals surface area contributed by atoms with Crippen LogP contribution in [0.5, 0.6) is 0 Å². The Morgan fingerprint density at radius 1 is 1.31 bits per heavy atom. The van der Waals surface area contributed by atoms with Crippen LogP contribution in [0.3, 0.4) is 0 Å². The van der Waals surface area contributed by atoms with Gasteiger partial charge in [-0.05, 0) is 64.9 Å². The van der Waals surface area contributed by atoms with Gasteiger partial charge in [0.25, 0.3) is 0 Å². The van der Waals surface area contributed by atoms with Gasteiger partial charge < -0.3 is 9.88 Å². The molecule has 8 heteroatoms. The van der Waals surface area contributed by atoms with Gasteiger partial charge in [-0.15, -0.1) is 10.2 Å². The van der Waals surface area contributed by atoms with Crippen molar-refractivity contribution >= 4 is 57.7 Å². The highest BCUT2D eigenvalue weighted by Crippen LogP contribution is 2.27. The Kier molecular flexibility index (Phi) is 8.75. The lowest BCUT2D eigenvalue weighted by molar-refractivity contribution is -0.113. The van der Waals surface area contributed by atoms with E-state index < -0.39 is 0 Å². The monoisotopic (exact) mass is 504 g/mol. The van der Waals surface area contributed by atoms with E-state index in [4.69, 9.17) is 0 Å². The normalized spacial score (nSPS) is 11.2. The van der Waals surface area contributed by atoms with Crippen molar-refractivity contribution in [1.29, 1.82) is 0 Å². The lowest BCUT2D eigenvalue weighted by Gasteiger charge is -2.14. The molecule has 0 bridgehead atoms. The van der Waals surface area contributed by atoms with Crippen LogP contribution in [0.15, 0.2) is 23.4 Å². The summed E-state index contributed by atoms with van der Waals surface area (Å²) < 4.78 is 3.26. The van der Waals surface area contributed by atoms with Gasteiger partial charge in [-0.25, -0.2) is 0 Å². The fraction of sp³-hybridized carbons (Fsp3) is 0.500. The molecule has 1 heterocycles. The largest absolute Gasteiger partial charge is 0.325 e. The van der Waals surface area contributed by atoms with Gasteiger partial charge in [0.1, 0.15) is 5.82 Å². The molecule has 1 amide bonds. The molecule has 1 aromatic heterocycles. The van der Waals surface area contributed by atoms with Crippen molar-refractivity contribution in [3.05, 3.63) is 33.2 Å². The highest BCUT2D eigenvalue weighted by molar-refractivity contribution is 14.1. The first kappa shape index (κ1) is 21.6. The Balaban J connectivity index is 2.00. The maximum atomic E-state index is 12.4. The van der Waals surface area contributed by atoms with Gasteiger partial charge in [-0.2, -0.15) is 11.8 Å². The van der Waals surface area contributed by atoms with E-state index >= 15 is 0 Å². The highest BCUT2D eigenvalue weighted by Gasteiger charge is 2.14. The molecule has 0 unspecified atom stereocenters. The van der Waals surface area contributed by atoms with E-state index in [1.165, 1.54) is 15.3 Å². The first-order valence-corrected chi connectivity index (χ1v) is 11.9. The molecule has 1 aromatic carbocycles. The molecule has 0 radical (unpaired) electrons. The Bertz CT molecular complexity index is 749. The number of hydrogen-bond donors (Lipinski definition) is 1. The van der Waals surface area contributed by atoms with Crippen LogP contribution < -0.4 is 5.32 Å². The van der Waals surface area contributed by atoms with Crippen LogP contribution >= 0.6 is 46.1 Å². The SMILES string of the molecule is CCSCc1nnc(SCC(=O)Nc2ccc(I)cc2C(C)C)n1CC.